The van der Waals surface area contributed by atoms with Crippen LogP contribution in [-0.2, 0) is 15.8 Å². The van der Waals surface area contributed by atoms with Crippen LogP contribution in [0.25, 0.3) is 5.65 Å². The van der Waals surface area contributed by atoms with Gasteiger partial charge in [0.25, 0.3) is 5.91 Å². The monoisotopic (exact) mass is 763 g/mol. The van der Waals surface area contributed by atoms with Gasteiger partial charge in [-0.15, -0.1) is 0 Å². The van der Waals surface area contributed by atoms with E-state index in [2.05, 4.69) is 25.8 Å². The van der Waals surface area contributed by atoms with Crippen LogP contribution in [0.3, 0.4) is 0 Å². The van der Waals surface area contributed by atoms with Crippen molar-refractivity contribution in [3.05, 3.63) is 83.3 Å². The molecule has 1 aromatic carbocycles. The molecular weight excluding hydrogens is 718 g/mol. The topological polar surface area (TPSA) is 130 Å². The molecule has 0 radical (unpaired) electrons. The van der Waals surface area contributed by atoms with Gasteiger partial charge in [0.2, 0.25) is 11.8 Å². The second-order valence-corrected chi connectivity index (χ2v) is 15.2. The summed E-state index contributed by atoms with van der Waals surface area (Å²) in [6.45, 7) is 6.43. The molecule has 4 aromatic rings. The smallest absolute Gasteiger partial charge is 0.433 e. The molecule has 2 aliphatic heterocycles. The summed E-state index contributed by atoms with van der Waals surface area (Å²) in [4.78, 5) is 47.6. The maximum absolute atomic E-state index is 15.6. The molecular formula is C40H45F4N7O4. The molecule has 55 heavy (non-hydrogen) atoms. The quantitative estimate of drug-likeness (QED) is 0.113. The lowest BCUT2D eigenvalue weighted by molar-refractivity contribution is -0.141. The molecule has 2 saturated heterocycles. The third-order valence-corrected chi connectivity index (χ3v) is 10.9. The number of alkyl halides is 3. The Morgan fingerprint density at radius 1 is 0.945 bits per heavy atom. The zero-order chi connectivity index (χ0) is 38.9. The number of piperidine rings is 2. The van der Waals surface area contributed by atoms with Crippen molar-refractivity contribution in [3.63, 3.8) is 0 Å². The number of hydrogen-bond donors (Lipinski definition) is 3. The van der Waals surface area contributed by atoms with Crippen LogP contribution in [-0.4, -0.2) is 68.8 Å². The minimum atomic E-state index is -4.68. The Labute approximate surface area is 316 Å². The second-order valence-electron chi connectivity index (χ2n) is 15.2. The zero-order valence-corrected chi connectivity index (χ0v) is 30.8. The van der Waals surface area contributed by atoms with Crippen molar-refractivity contribution in [2.75, 3.05) is 30.3 Å². The number of carbonyl (C=O) groups is 3. The van der Waals surface area contributed by atoms with Crippen molar-refractivity contribution in [2.24, 2.45) is 5.92 Å². The van der Waals surface area contributed by atoms with Crippen molar-refractivity contribution in [3.8, 4) is 5.75 Å². The fourth-order valence-corrected chi connectivity index (χ4v) is 8.01. The highest BCUT2D eigenvalue weighted by Crippen LogP contribution is 2.39. The molecule has 1 aliphatic carbocycles. The molecule has 0 bridgehead atoms. The van der Waals surface area contributed by atoms with Crippen LogP contribution in [0, 0.1) is 11.7 Å². The molecule has 1 unspecified atom stereocenters. The first kappa shape index (κ1) is 38.2. The standard InChI is InChI=1S/C40H45F4N7O4/c1-23(2)55-33-19-35-47-31(21-51(35)22-32(33)48-38(53)29-7-4-8-34(46-29)40(42,43)44)26-11-9-24(10-12-26)20-50-17-15-25(16-18-50)27-5-3-6-28(37(27)41)45-30-13-14-36(52)49-39(30)54/h3-8,19,21-26,30,45H,9-18,20H2,1-2H3,(H,48,53)(H,49,52,54). The number of fused-ring (bicyclic) bond motifs is 1. The number of imide groups is 1. The SMILES string of the molecule is CC(C)Oc1cc2nc(C3CCC(CN4CCC(c5cccc(NC6CCC(=O)NC6=O)c5F)CC4)CC3)cn2cc1NC(=O)c1cccc(C(F)(F)F)n1. The van der Waals surface area contributed by atoms with Gasteiger partial charge in [-0.1, -0.05) is 18.2 Å². The molecule has 11 nitrogen and oxygen atoms in total. The molecule has 5 heterocycles. The number of nitrogens with one attached hydrogen (secondary N) is 3. The third-order valence-electron chi connectivity index (χ3n) is 10.9. The molecule has 3 N–H and O–H groups in total. The maximum Gasteiger partial charge on any atom is 0.433 e. The summed E-state index contributed by atoms with van der Waals surface area (Å²) in [5, 5.41) is 8.00. The summed E-state index contributed by atoms with van der Waals surface area (Å²) in [5.41, 5.74) is 1.31. The van der Waals surface area contributed by atoms with E-state index in [-0.39, 0.29) is 41.8 Å². The Hall–Kier alpha value is -5.05. The first-order valence-corrected chi connectivity index (χ1v) is 19.0. The normalized spacial score (nSPS) is 21.5. The molecule has 0 spiro atoms. The fraction of sp³-hybridized carbons (Fsp3) is 0.475. The molecule has 1 saturated carbocycles. The van der Waals surface area contributed by atoms with E-state index in [1.54, 1.807) is 22.7 Å². The molecule has 3 aliphatic rings. The zero-order valence-electron chi connectivity index (χ0n) is 30.8. The average Bonchev–Trinajstić information content (AvgIpc) is 3.56. The first-order valence-electron chi connectivity index (χ1n) is 19.0. The van der Waals surface area contributed by atoms with E-state index >= 15 is 4.39 Å². The van der Waals surface area contributed by atoms with Crippen LogP contribution in [0.4, 0.5) is 28.9 Å². The van der Waals surface area contributed by atoms with Crippen molar-refractivity contribution in [1.29, 1.82) is 0 Å². The van der Waals surface area contributed by atoms with Gasteiger partial charge in [-0.05, 0) is 107 Å². The molecule has 1 atom stereocenters. The van der Waals surface area contributed by atoms with Gasteiger partial charge in [-0.3, -0.25) is 19.7 Å². The minimum Gasteiger partial charge on any atom is -0.489 e. The maximum atomic E-state index is 15.6. The van der Waals surface area contributed by atoms with E-state index in [9.17, 15) is 27.6 Å². The summed E-state index contributed by atoms with van der Waals surface area (Å²) in [7, 11) is 0. The van der Waals surface area contributed by atoms with Gasteiger partial charge in [0.05, 0.1) is 17.5 Å². The van der Waals surface area contributed by atoms with Gasteiger partial charge >= 0.3 is 6.18 Å². The predicted octanol–water partition coefficient (Wildman–Crippen LogP) is 7.30. The summed E-state index contributed by atoms with van der Waals surface area (Å²) in [5.74, 6) is -0.611. The molecule has 292 valence electrons. The van der Waals surface area contributed by atoms with E-state index in [0.29, 0.717) is 40.7 Å². The number of nitrogens with zero attached hydrogens (tertiary/aromatic N) is 4. The Balaban J connectivity index is 0.936. The summed E-state index contributed by atoms with van der Waals surface area (Å²) in [6, 6.07) is 9.57. The molecule has 7 rings (SSSR count). The van der Waals surface area contributed by atoms with Gasteiger partial charge in [0, 0.05) is 37.3 Å². The molecule has 3 fully saturated rings. The lowest BCUT2D eigenvalue weighted by Gasteiger charge is -2.36. The van der Waals surface area contributed by atoms with Gasteiger partial charge in [-0.25, -0.2) is 14.4 Å². The molecule has 3 amide bonds. The second kappa shape index (κ2) is 16.0. The number of carbonyl (C=O) groups excluding carboxylic acids is 3. The highest BCUT2D eigenvalue weighted by atomic mass is 19.4. The van der Waals surface area contributed by atoms with Crippen molar-refractivity contribution >= 4 is 34.7 Å². The number of halogens is 4. The number of likely N-dealkylation sites (tertiary alicyclic amines) is 1. The number of aromatic nitrogens is 3. The van der Waals surface area contributed by atoms with Crippen LogP contribution in [0.5, 0.6) is 5.75 Å². The van der Waals surface area contributed by atoms with Gasteiger partial charge in [0.1, 0.15) is 40.3 Å². The summed E-state index contributed by atoms with van der Waals surface area (Å²) < 4.78 is 63.1. The molecule has 15 heteroatoms. The van der Waals surface area contributed by atoms with Crippen molar-refractivity contribution in [1.82, 2.24) is 24.6 Å². The van der Waals surface area contributed by atoms with Crippen LogP contribution in [0.1, 0.15) is 104 Å². The fourth-order valence-electron chi connectivity index (χ4n) is 8.01. The Morgan fingerprint density at radius 2 is 1.69 bits per heavy atom. The van der Waals surface area contributed by atoms with Gasteiger partial charge < -0.3 is 24.7 Å². The Morgan fingerprint density at radius 3 is 2.40 bits per heavy atom. The number of imidazole rings is 1. The number of pyridine rings is 2. The largest absolute Gasteiger partial charge is 0.489 e. The van der Waals surface area contributed by atoms with Crippen LogP contribution >= 0.6 is 0 Å². The lowest BCUT2D eigenvalue weighted by Crippen LogP contribution is -2.47. The number of amides is 3. The lowest BCUT2D eigenvalue weighted by atomic mass is 9.80. The third kappa shape index (κ3) is 8.93. The Bertz CT molecular complexity index is 2050. The van der Waals surface area contributed by atoms with Crippen LogP contribution in [0.15, 0.2) is 54.9 Å². The van der Waals surface area contributed by atoms with Crippen LogP contribution < -0.4 is 20.7 Å². The number of benzene rings is 1. The van der Waals surface area contributed by atoms with E-state index in [0.717, 1.165) is 76.0 Å². The highest BCUT2D eigenvalue weighted by Gasteiger charge is 2.34. The number of hydrogen-bond acceptors (Lipinski definition) is 8. The summed E-state index contributed by atoms with van der Waals surface area (Å²) >= 11 is 0. The van der Waals surface area contributed by atoms with E-state index in [1.807, 2.05) is 32.2 Å². The number of anilines is 2. The number of rotatable bonds is 10. The van der Waals surface area contributed by atoms with Gasteiger partial charge in [-0.2, -0.15) is 13.2 Å². The van der Waals surface area contributed by atoms with Gasteiger partial charge in [0.15, 0.2) is 0 Å². The van der Waals surface area contributed by atoms with Crippen LogP contribution in [0.2, 0.25) is 0 Å². The molecule has 3 aromatic heterocycles. The van der Waals surface area contributed by atoms with E-state index in [4.69, 9.17) is 9.72 Å². The van der Waals surface area contributed by atoms with Crippen molar-refractivity contribution in [2.45, 2.75) is 95.4 Å². The summed E-state index contributed by atoms with van der Waals surface area (Å²) in [6.07, 6.45) is 4.99. The predicted molar refractivity (Wildman–Crippen MR) is 197 cm³/mol. The average molecular weight is 764 g/mol. The van der Waals surface area contributed by atoms with E-state index in [1.165, 1.54) is 6.07 Å². The van der Waals surface area contributed by atoms with E-state index < -0.39 is 29.7 Å². The van der Waals surface area contributed by atoms with Crippen molar-refractivity contribution < 1.29 is 36.7 Å². The number of ether oxygens (including phenoxy) is 1. The first-order chi connectivity index (χ1) is 26.3. The highest BCUT2D eigenvalue weighted by molar-refractivity contribution is 6.04. The minimum absolute atomic E-state index is 0.0862. The Kier molecular flexibility index (Phi) is 11.1.